The average molecular weight is 472 g/mol. The molecule has 1 saturated carbocycles. The van der Waals surface area contributed by atoms with Gasteiger partial charge in [-0.3, -0.25) is 4.79 Å². The highest BCUT2D eigenvalue weighted by Gasteiger charge is 2.44. The zero-order valence-electron chi connectivity index (χ0n) is 17.8. The molecule has 12 heteroatoms. The summed E-state index contributed by atoms with van der Waals surface area (Å²) >= 11 is 0. The van der Waals surface area contributed by atoms with Crippen molar-refractivity contribution in [1.29, 1.82) is 0 Å². The predicted molar refractivity (Wildman–Crippen MR) is 113 cm³/mol. The number of benzene rings is 1. The van der Waals surface area contributed by atoms with Gasteiger partial charge in [0, 0.05) is 19.1 Å². The van der Waals surface area contributed by atoms with Crippen LogP contribution in [0.15, 0.2) is 11.0 Å². The molecule has 1 unspecified atom stereocenters. The van der Waals surface area contributed by atoms with Crippen LogP contribution in [0.5, 0.6) is 5.75 Å². The van der Waals surface area contributed by atoms with Gasteiger partial charge in [-0.2, -0.15) is 13.2 Å². The number of carboxylic acid groups (broad SMARTS) is 1. The van der Waals surface area contributed by atoms with Crippen LogP contribution in [0.1, 0.15) is 37.8 Å². The zero-order valence-corrected chi connectivity index (χ0v) is 17.8. The van der Waals surface area contributed by atoms with Crippen molar-refractivity contribution >= 4 is 28.4 Å². The molecule has 0 bridgehead atoms. The molecule has 1 aliphatic heterocycles. The quantitative estimate of drug-likeness (QED) is 0.335. The number of nitrogen functional groups attached to an aromatic ring is 1. The minimum Gasteiger partial charge on any atom is -0.449 e. The summed E-state index contributed by atoms with van der Waals surface area (Å²) in [7, 11) is 0. The van der Waals surface area contributed by atoms with Crippen LogP contribution >= 0.6 is 0 Å². The Morgan fingerprint density at radius 2 is 2.03 bits per heavy atom. The Bertz CT molecular complexity index is 1160. The Kier molecular flexibility index (Phi) is 5.89. The third-order valence-corrected chi connectivity index (χ3v) is 6.10. The van der Waals surface area contributed by atoms with E-state index in [2.05, 4.69) is 10.1 Å². The molecule has 2 aliphatic rings. The van der Waals surface area contributed by atoms with Crippen LogP contribution in [-0.4, -0.2) is 42.0 Å². The van der Waals surface area contributed by atoms with E-state index in [0.717, 1.165) is 10.8 Å². The molecular weight excluding hydrogens is 448 g/mol. The Morgan fingerprint density at radius 3 is 2.61 bits per heavy atom. The molecule has 33 heavy (non-hydrogen) atoms. The van der Waals surface area contributed by atoms with Crippen LogP contribution in [0.2, 0.25) is 0 Å². The van der Waals surface area contributed by atoms with Gasteiger partial charge >= 0.3 is 12.3 Å². The molecule has 1 aromatic carbocycles. The highest BCUT2D eigenvalue weighted by molar-refractivity contribution is 5.99. The van der Waals surface area contributed by atoms with Crippen LogP contribution in [0.4, 0.5) is 33.7 Å². The van der Waals surface area contributed by atoms with Crippen molar-refractivity contribution in [2.24, 2.45) is 5.92 Å². The van der Waals surface area contributed by atoms with E-state index in [4.69, 9.17) is 10.8 Å². The van der Waals surface area contributed by atoms with Gasteiger partial charge in [0.1, 0.15) is 5.56 Å². The summed E-state index contributed by atoms with van der Waals surface area (Å²) in [5.41, 5.74) is 1.45. The molecule has 180 valence electrons. The van der Waals surface area contributed by atoms with Crippen molar-refractivity contribution in [2.75, 3.05) is 36.8 Å². The van der Waals surface area contributed by atoms with E-state index < -0.39 is 63.2 Å². The minimum atomic E-state index is -5.00. The number of fused-ring (bicyclic) bond motifs is 1. The minimum absolute atomic E-state index is 0.0272. The van der Waals surface area contributed by atoms with Gasteiger partial charge in [0.25, 0.3) is 0 Å². The number of aromatic nitrogens is 1. The third-order valence-electron chi connectivity index (χ3n) is 6.10. The summed E-state index contributed by atoms with van der Waals surface area (Å²) in [6.45, 7) is 3.61. The lowest BCUT2D eigenvalue weighted by Gasteiger charge is -2.27. The Morgan fingerprint density at radius 1 is 1.33 bits per heavy atom. The van der Waals surface area contributed by atoms with Crippen LogP contribution in [-0.2, 0) is 6.18 Å². The van der Waals surface area contributed by atoms with Crippen molar-refractivity contribution in [1.82, 2.24) is 9.88 Å². The lowest BCUT2D eigenvalue weighted by atomic mass is 10.0. The number of nitrogens with two attached hydrogens (primary N) is 1. The number of nitrogens with zero attached hydrogens (tertiary/aromatic N) is 2. The van der Waals surface area contributed by atoms with E-state index in [0.29, 0.717) is 32.4 Å². The van der Waals surface area contributed by atoms with Gasteiger partial charge in [-0.05, 0) is 38.3 Å². The highest BCUT2D eigenvalue weighted by atomic mass is 19.4. The van der Waals surface area contributed by atoms with E-state index >= 15 is 4.39 Å². The van der Waals surface area contributed by atoms with Crippen molar-refractivity contribution < 1.29 is 32.2 Å². The van der Waals surface area contributed by atoms with Gasteiger partial charge in [-0.25, -0.2) is 9.18 Å². The fourth-order valence-corrected chi connectivity index (χ4v) is 4.50. The number of ether oxygens (including phenoxy) is 1. The normalized spacial score (nSPS) is 18.8. The number of hydrogen-bond acceptors (Lipinski definition) is 6. The standard InChI is InChI=1S/C21H24F4N4O4/c1-2-27-7-10-5-6-28(8-10)18-14(21(23,24)25)17-13(16(26)15(18)22)19(30)12(33-20(31)32)9-29(17)11-3-4-11/h9-11,27H,2-8,26H2,1H3,(H,31,32). The topological polar surface area (TPSA) is 110 Å². The first-order chi connectivity index (χ1) is 15.5. The number of carbonyl (C=O) groups is 1. The van der Waals surface area contributed by atoms with Crippen molar-refractivity contribution in [3.63, 3.8) is 0 Å². The summed E-state index contributed by atoms with van der Waals surface area (Å²) in [6, 6.07) is -0.414. The second-order valence-corrected chi connectivity index (χ2v) is 8.41. The molecule has 1 saturated heterocycles. The monoisotopic (exact) mass is 472 g/mol. The van der Waals surface area contributed by atoms with Crippen LogP contribution in [0, 0.1) is 11.7 Å². The maximum atomic E-state index is 15.5. The van der Waals surface area contributed by atoms with Gasteiger partial charge in [0.05, 0.1) is 28.5 Å². The molecule has 4 N–H and O–H groups in total. The third kappa shape index (κ3) is 4.19. The molecule has 1 aliphatic carbocycles. The largest absolute Gasteiger partial charge is 0.511 e. The number of halogens is 4. The van der Waals surface area contributed by atoms with E-state index in [1.165, 1.54) is 4.90 Å². The summed E-state index contributed by atoms with van der Waals surface area (Å²) in [5, 5.41) is 11.3. The Balaban J connectivity index is 2.01. The van der Waals surface area contributed by atoms with Crippen molar-refractivity contribution in [3.05, 3.63) is 27.8 Å². The molecule has 4 rings (SSSR count). The zero-order chi connectivity index (χ0) is 24.1. The molecule has 2 heterocycles. The van der Waals surface area contributed by atoms with Crippen LogP contribution in [0.25, 0.3) is 10.9 Å². The smallest absolute Gasteiger partial charge is 0.449 e. The first-order valence-corrected chi connectivity index (χ1v) is 10.7. The number of alkyl halides is 3. The summed E-state index contributed by atoms with van der Waals surface area (Å²) in [4.78, 5) is 25.2. The fourth-order valence-electron chi connectivity index (χ4n) is 4.50. The Labute approximate surface area is 185 Å². The number of anilines is 2. The van der Waals surface area contributed by atoms with Crippen molar-refractivity contribution in [2.45, 2.75) is 38.4 Å². The first-order valence-electron chi connectivity index (χ1n) is 10.7. The van der Waals surface area contributed by atoms with E-state index in [9.17, 15) is 22.8 Å². The lowest BCUT2D eigenvalue weighted by molar-refractivity contribution is -0.136. The fraction of sp³-hybridized carbons (Fsp3) is 0.524. The van der Waals surface area contributed by atoms with Crippen molar-refractivity contribution in [3.8, 4) is 5.75 Å². The van der Waals surface area contributed by atoms with Gasteiger partial charge in [0.15, 0.2) is 11.6 Å². The average Bonchev–Trinajstić information content (AvgIpc) is 3.47. The molecule has 2 aromatic rings. The molecule has 0 spiro atoms. The molecule has 8 nitrogen and oxygen atoms in total. The predicted octanol–water partition coefficient (Wildman–Crippen LogP) is 3.57. The second-order valence-electron chi connectivity index (χ2n) is 8.41. The SMILES string of the molecule is CCNCC1CCN(c2c(F)c(N)c3c(=O)c(OC(=O)O)cn(C4CC4)c3c2C(F)(F)F)C1. The molecule has 0 radical (unpaired) electrons. The number of hydrogen-bond donors (Lipinski definition) is 3. The molecule has 1 aromatic heterocycles. The van der Waals surface area contributed by atoms with Gasteiger partial charge in [-0.1, -0.05) is 6.92 Å². The Hall–Kier alpha value is -3.02. The van der Waals surface area contributed by atoms with Gasteiger partial charge < -0.3 is 30.4 Å². The number of rotatable bonds is 6. The number of nitrogens with one attached hydrogen (secondary N) is 1. The van der Waals surface area contributed by atoms with Crippen LogP contribution < -0.4 is 26.1 Å². The van der Waals surface area contributed by atoms with E-state index in [-0.39, 0.29) is 19.0 Å². The summed E-state index contributed by atoms with van der Waals surface area (Å²) in [5.74, 6) is -2.04. The van der Waals surface area contributed by atoms with E-state index in [1.54, 1.807) is 0 Å². The lowest BCUT2D eigenvalue weighted by Crippen LogP contribution is -2.30. The van der Waals surface area contributed by atoms with Gasteiger partial charge in [0.2, 0.25) is 5.43 Å². The summed E-state index contributed by atoms with van der Waals surface area (Å²) < 4.78 is 64.5. The summed E-state index contributed by atoms with van der Waals surface area (Å²) in [6.07, 6.45) is -4.26. The maximum Gasteiger partial charge on any atom is 0.511 e. The number of pyridine rings is 1. The van der Waals surface area contributed by atoms with Gasteiger partial charge in [-0.15, -0.1) is 0 Å². The van der Waals surface area contributed by atoms with E-state index in [1.807, 2.05) is 6.92 Å². The molecule has 1 atom stereocenters. The first kappa shape index (κ1) is 23.1. The second kappa shape index (κ2) is 8.40. The molecular formula is C21H24F4N4O4. The highest BCUT2D eigenvalue weighted by Crippen LogP contribution is 2.49. The molecule has 0 amide bonds. The maximum absolute atomic E-state index is 15.5. The molecule has 2 fully saturated rings. The van der Waals surface area contributed by atoms with Crippen LogP contribution in [0.3, 0.4) is 0 Å².